The van der Waals surface area contributed by atoms with Gasteiger partial charge in [-0.05, 0) is 67.8 Å². The molecule has 0 unspecified atom stereocenters. The number of rotatable bonds is 5. The Morgan fingerprint density at radius 2 is 1.68 bits per heavy atom. The van der Waals surface area contributed by atoms with E-state index in [4.69, 9.17) is 4.98 Å². The first kappa shape index (κ1) is 23.0. The quantitative estimate of drug-likeness (QED) is 0.319. The Morgan fingerprint density at radius 3 is 2.29 bits per heavy atom. The van der Waals surface area contributed by atoms with E-state index in [2.05, 4.69) is 11.4 Å². The average Bonchev–Trinajstić information content (AvgIpc) is 3.25. The summed E-state index contributed by atoms with van der Waals surface area (Å²) in [6.45, 7) is 5.61. The molecule has 34 heavy (non-hydrogen) atoms. The monoisotopic (exact) mass is 465 g/mol. The number of phenolic OH excluding ortho intramolecular Hbond substituents is 1. The molecule has 1 aromatic heterocycles. The van der Waals surface area contributed by atoms with Crippen molar-refractivity contribution in [1.29, 1.82) is 5.26 Å². The van der Waals surface area contributed by atoms with Gasteiger partial charge in [0.15, 0.2) is 0 Å². The third-order valence-corrected chi connectivity index (χ3v) is 6.39. The summed E-state index contributed by atoms with van der Waals surface area (Å²) in [7, 11) is 0. The molecule has 168 valence electrons. The molecule has 5 nitrogen and oxygen atoms in total. The van der Waals surface area contributed by atoms with E-state index in [1.54, 1.807) is 18.2 Å². The van der Waals surface area contributed by atoms with Crippen LogP contribution in [-0.2, 0) is 0 Å². The predicted octanol–water partition coefficient (Wildman–Crippen LogP) is 6.76. The zero-order valence-corrected chi connectivity index (χ0v) is 19.9. The SMILES string of the molecule is Cc1ccc(C(=O)Nc2sc(/C(C#N)=C\c3cc(C)c(O)c(C)c3)nc2-c2ccccc2)cc1. The number of carbonyl (C=O) groups is 1. The molecule has 0 atom stereocenters. The first-order chi connectivity index (χ1) is 16.4. The van der Waals surface area contributed by atoms with Crippen LogP contribution in [0.4, 0.5) is 5.00 Å². The van der Waals surface area contributed by atoms with Crippen molar-refractivity contribution in [2.24, 2.45) is 0 Å². The normalized spacial score (nSPS) is 11.2. The van der Waals surface area contributed by atoms with Crippen molar-refractivity contribution in [2.75, 3.05) is 5.32 Å². The number of benzene rings is 3. The number of aromatic nitrogens is 1. The van der Waals surface area contributed by atoms with Crippen LogP contribution in [0, 0.1) is 32.1 Å². The van der Waals surface area contributed by atoms with Crippen molar-refractivity contribution < 1.29 is 9.90 Å². The van der Waals surface area contributed by atoms with Crippen molar-refractivity contribution in [2.45, 2.75) is 20.8 Å². The molecule has 1 amide bonds. The molecule has 0 spiro atoms. The Labute approximate surface area is 202 Å². The number of carbonyl (C=O) groups excluding carboxylic acids is 1. The Hall–Kier alpha value is -4.21. The summed E-state index contributed by atoms with van der Waals surface area (Å²) in [6, 6.07) is 22.8. The summed E-state index contributed by atoms with van der Waals surface area (Å²) in [5.74, 6) is 0.0111. The number of phenols is 1. The van der Waals surface area contributed by atoms with E-state index < -0.39 is 0 Å². The molecule has 4 aromatic rings. The van der Waals surface area contributed by atoms with Crippen LogP contribution in [0.5, 0.6) is 5.75 Å². The van der Waals surface area contributed by atoms with E-state index in [9.17, 15) is 15.2 Å². The topological polar surface area (TPSA) is 86.0 Å². The lowest BCUT2D eigenvalue weighted by Gasteiger charge is -2.05. The van der Waals surface area contributed by atoms with Gasteiger partial charge in [0, 0.05) is 11.1 Å². The molecule has 4 rings (SSSR count). The summed E-state index contributed by atoms with van der Waals surface area (Å²) in [5.41, 5.74) is 5.72. The zero-order valence-electron chi connectivity index (χ0n) is 19.1. The molecule has 0 bridgehead atoms. The van der Waals surface area contributed by atoms with E-state index in [-0.39, 0.29) is 11.7 Å². The second-order valence-corrected chi connectivity index (χ2v) is 9.06. The van der Waals surface area contributed by atoms with Gasteiger partial charge in [-0.25, -0.2) is 4.98 Å². The zero-order chi connectivity index (χ0) is 24.2. The van der Waals surface area contributed by atoms with Crippen molar-refractivity contribution in [3.8, 4) is 23.1 Å². The minimum absolute atomic E-state index is 0.236. The number of nitriles is 1. The lowest BCUT2D eigenvalue weighted by atomic mass is 10.0. The lowest BCUT2D eigenvalue weighted by Crippen LogP contribution is -2.11. The fraction of sp³-hybridized carbons (Fsp3) is 0.107. The third kappa shape index (κ3) is 4.90. The molecule has 3 aromatic carbocycles. The molecule has 0 radical (unpaired) electrons. The van der Waals surface area contributed by atoms with E-state index in [1.165, 1.54) is 11.3 Å². The molecule has 0 saturated heterocycles. The van der Waals surface area contributed by atoms with Crippen LogP contribution in [0.2, 0.25) is 0 Å². The number of hydrogen-bond donors (Lipinski definition) is 2. The Kier molecular flexibility index (Phi) is 6.58. The van der Waals surface area contributed by atoms with E-state index in [0.717, 1.165) is 27.8 Å². The molecule has 0 aliphatic carbocycles. The minimum atomic E-state index is -0.236. The number of allylic oxidation sites excluding steroid dienone is 1. The second-order valence-electron chi connectivity index (χ2n) is 8.06. The summed E-state index contributed by atoms with van der Waals surface area (Å²) in [5, 5.41) is 24.0. The highest BCUT2D eigenvalue weighted by Gasteiger charge is 2.19. The number of thiazole rings is 1. The van der Waals surface area contributed by atoms with E-state index in [1.807, 2.05) is 75.4 Å². The van der Waals surface area contributed by atoms with Gasteiger partial charge in [-0.3, -0.25) is 4.79 Å². The molecule has 0 aliphatic rings. The summed E-state index contributed by atoms with van der Waals surface area (Å²) < 4.78 is 0. The van der Waals surface area contributed by atoms with Gasteiger partial charge < -0.3 is 10.4 Å². The molecular formula is C28H23N3O2S. The summed E-state index contributed by atoms with van der Waals surface area (Å²) in [6.07, 6.45) is 1.75. The molecule has 1 heterocycles. The highest BCUT2D eigenvalue weighted by Crippen LogP contribution is 2.37. The van der Waals surface area contributed by atoms with Gasteiger partial charge in [-0.2, -0.15) is 5.26 Å². The Morgan fingerprint density at radius 1 is 1.03 bits per heavy atom. The average molecular weight is 466 g/mol. The van der Waals surface area contributed by atoms with Crippen LogP contribution in [0.15, 0.2) is 66.7 Å². The Balaban J connectivity index is 1.76. The molecule has 0 saturated carbocycles. The maximum Gasteiger partial charge on any atom is 0.256 e. The van der Waals surface area contributed by atoms with Gasteiger partial charge >= 0.3 is 0 Å². The van der Waals surface area contributed by atoms with Gasteiger partial charge in [-0.1, -0.05) is 59.4 Å². The fourth-order valence-corrected chi connectivity index (χ4v) is 4.52. The second kappa shape index (κ2) is 9.74. The van der Waals surface area contributed by atoms with Crippen LogP contribution in [0.1, 0.15) is 37.6 Å². The predicted molar refractivity (Wildman–Crippen MR) is 138 cm³/mol. The van der Waals surface area contributed by atoms with Crippen molar-refractivity contribution in [1.82, 2.24) is 4.98 Å². The number of nitrogens with one attached hydrogen (secondary N) is 1. The van der Waals surface area contributed by atoms with Gasteiger partial charge in [-0.15, -0.1) is 0 Å². The molecular weight excluding hydrogens is 442 g/mol. The van der Waals surface area contributed by atoms with Gasteiger partial charge in [0.25, 0.3) is 5.91 Å². The van der Waals surface area contributed by atoms with Crippen LogP contribution < -0.4 is 5.32 Å². The lowest BCUT2D eigenvalue weighted by molar-refractivity contribution is 0.102. The van der Waals surface area contributed by atoms with Crippen molar-refractivity contribution >= 4 is 33.9 Å². The largest absolute Gasteiger partial charge is 0.507 e. The van der Waals surface area contributed by atoms with Crippen LogP contribution in [0.25, 0.3) is 22.9 Å². The third-order valence-electron chi connectivity index (χ3n) is 5.39. The van der Waals surface area contributed by atoms with Gasteiger partial charge in [0.2, 0.25) is 0 Å². The van der Waals surface area contributed by atoms with Gasteiger partial charge in [0.05, 0.1) is 5.57 Å². The Bertz CT molecular complexity index is 1410. The number of anilines is 1. The van der Waals surface area contributed by atoms with Gasteiger partial charge in [0.1, 0.15) is 27.5 Å². The van der Waals surface area contributed by atoms with Crippen LogP contribution >= 0.6 is 11.3 Å². The minimum Gasteiger partial charge on any atom is -0.507 e. The van der Waals surface area contributed by atoms with E-state index in [0.29, 0.717) is 26.8 Å². The van der Waals surface area contributed by atoms with Crippen molar-refractivity contribution in [3.05, 3.63) is 99.6 Å². The van der Waals surface area contributed by atoms with Crippen LogP contribution in [0.3, 0.4) is 0 Å². The number of amides is 1. The highest BCUT2D eigenvalue weighted by atomic mass is 32.1. The smallest absolute Gasteiger partial charge is 0.256 e. The van der Waals surface area contributed by atoms with E-state index >= 15 is 0 Å². The summed E-state index contributed by atoms with van der Waals surface area (Å²) in [4.78, 5) is 17.7. The summed E-state index contributed by atoms with van der Waals surface area (Å²) >= 11 is 1.26. The number of hydrogen-bond acceptors (Lipinski definition) is 5. The number of aryl methyl sites for hydroxylation is 3. The first-order valence-corrected chi connectivity index (χ1v) is 11.5. The maximum absolute atomic E-state index is 12.9. The number of aromatic hydroxyl groups is 1. The van der Waals surface area contributed by atoms with Crippen LogP contribution in [-0.4, -0.2) is 16.0 Å². The molecule has 0 fully saturated rings. The number of nitrogens with zero attached hydrogens (tertiary/aromatic N) is 2. The van der Waals surface area contributed by atoms with Crippen molar-refractivity contribution in [3.63, 3.8) is 0 Å². The highest BCUT2D eigenvalue weighted by molar-refractivity contribution is 7.17. The molecule has 2 N–H and O–H groups in total. The maximum atomic E-state index is 12.9. The standard InChI is InChI=1S/C28H23N3O2S/c1-17-9-11-22(12-10-17)26(33)31-28-24(21-7-5-4-6-8-21)30-27(34-28)23(16-29)15-20-13-18(2)25(32)19(3)14-20/h4-15,32H,1-3H3,(H,31,33)/b23-15-. The fourth-order valence-electron chi connectivity index (χ4n) is 3.57. The first-order valence-electron chi connectivity index (χ1n) is 10.7. The molecule has 0 aliphatic heterocycles. The molecule has 6 heteroatoms.